The zero-order valence-corrected chi connectivity index (χ0v) is 11.3. The van der Waals surface area contributed by atoms with Gasteiger partial charge in [0.1, 0.15) is 5.82 Å². The first-order valence-corrected chi connectivity index (χ1v) is 6.94. The van der Waals surface area contributed by atoms with Crippen molar-refractivity contribution in [3.05, 3.63) is 23.8 Å². The first-order valence-electron chi connectivity index (χ1n) is 6.94. The second-order valence-electron chi connectivity index (χ2n) is 5.73. The molecule has 2 aliphatic rings. The number of nitrogens with two attached hydrogens (primary N) is 1. The van der Waals surface area contributed by atoms with Gasteiger partial charge < -0.3 is 15.2 Å². The van der Waals surface area contributed by atoms with Crippen LogP contribution in [-0.4, -0.2) is 35.4 Å². The van der Waals surface area contributed by atoms with Crippen LogP contribution in [0, 0.1) is 12.8 Å². The molecule has 3 rings (SSSR count). The van der Waals surface area contributed by atoms with Crippen molar-refractivity contribution in [1.82, 2.24) is 9.97 Å². The van der Waals surface area contributed by atoms with Crippen LogP contribution in [0.5, 0.6) is 0 Å². The third-order valence-corrected chi connectivity index (χ3v) is 4.21. The normalized spacial score (nSPS) is 32.6. The molecule has 0 amide bonds. The fraction of sp³-hybridized carbons (Fsp3) is 0.714. The minimum absolute atomic E-state index is 0.106. The summed E-state index contributed by atoms with van der Waals surface area (Å²) in [4.78, 5) is 8.72. The largest absolute Gasteiger partial charge is 0.378 e. The zero-order chi connectivity index (χ0) is 13.3. The monoisotopic (exact) mass is 263 g/mol. The van der Waals surface area contributed by atoms with Crippen LogP contribution in [0.3, 0.4) is 0 Å². The van der Waals surface area contributed by atoms with Gasteiger partial charge in [0.2, 0.25) is 0 Å². The standard InChI is InChI=1S/C14H21N3O2/c1-10-7-16-13(17-8-10)12(15)11-2-4-19-14(6-11)3-5-18-9-14/h7-8,11-12H,2-6,9,15H2,1H3. The summed E-state index contributed by atoms with van der Waals surface area (Å²) in [6.07, 6.45) is 6.56. The Kier molecular flexibility index (Phi) is 3.52. The summed E-state index contributed by atoms with van der Waals surface area (Å²) in [5.74, 6) is 1.12. The number of hydrogen-bond donors (Lipinski definition) is 1. The van der Waals surface area contributed by atoms with E-state index >= 15 is 0 Å². The van der Waals surface area contributed by atoms with Crippen LogP contribution in [-0.2, 0) is 9.47 Å². The van der Waals surface area contributed by atoms with E-state index in [0.717, 1.165) is 43.9 Å². The number of rotatable bonds is 2. The van der Waals surface area contributed by atoms with E-state index in [1.807, 2.05) is 19.3 Å². The second kappa shape index (κ2) is 5.15. The number of aryl methyl sites for hydroxylation is 1. The molecule has 1 aromatic rings. The number of ether oxygens (including phenoxy) is 2. The molecule has 19 heavy (non-hydrogen) atoms. The molecule has 3 unspecified atom stereocenters. The van der Waals surface area contributed by atoms with E-state index in [1.165, 1.54) is 0 Å². The van der Waals surface area contributed by atoms with Crippen LogP contribution < -0.4 is 5.73 Å². The third kappa shape index (κ3) is 2.63. The van der Waals surface area contributed by atoms with Crippen molar-refractivity contribution < 1.29 is 9.47 Å². The highest BCUT2D eigenvalue weighted by Crippen LogP contribution is 2.39. The Morgan fingerprint density at radius 3 is 2.84 bits per heavy atom. The van der Waals surface area contributed by atoms with Crippen LogP contribution in [0.4, 0.5) is 0 Å². The molecule has 0 saturated carbocycles. The average molecular weight is 263 g/mol. The van der Waals surface area contributed by atoms with Crippen LogP contribution >= 0.6 is 0 Å². The van der Waals surface area contributed by atoms with Gasteiger partial charge in [-0.25, -0.2) is 9.97 Å². The fourth-order valence-electron chi connectivity index (χ4n) is 3.02. The van der Waals surface area contributed by atoms with Crippen LogP contribution in [0.2, 0.25) is 0 Å². The molecule has 1 spiro atoms. The molecule has 2 aliphatic heterocycles. The van der Waals surface area contributed by atoms with Gasteiger partial charge in [-0.05, 0) is 31.2 Å². The van der Waals surface area contributed by atoms with Gasteiger partial charge in [0.15, 0.2) is 0 Å². The molecule has 3 atom stereocenters. The lowest BCUT2D eigenvalue weighted by molar-refractivity contribution is -0.102. The van der Waals surface area contributed by atoms with Crippen molar-refractivity contribution in [2.75, 3.05) is 19.8 Å². The van der Waals surface area contributed by atoms with Crippen molar-refractivity contribution >= 4 is 0 Å². The van der Waals surface area contributed by atoms with E-state index in [4.69, 9.17) is 15.2 Å². The van der Waals surface area contributed by atoms with Crippen molar-refractivity contribution in [2.24, 2.45) is 11.7 Å². The minimum Gasteiger partial charge on any atom is -0.378 e. The number of hydrogen-bond acceptors (Lipinski definition) is 5. The molecule has 0 bridgehead atoms. The quantitative estimate of drug-likeness (QED) is 0.872. The Balaban J connectivity index is 1.72. The lowest BCUT2D eigenvalue weighted by Gasteiger charge is -2.38. The molecular weight excluding hydrogens is 242 g/mol. The lowest BCUT2D eigenvalue weighted by Crippen LogP contribution is -2.43. The van der Waals surface area contributed by atoms with Crippen LogP contribution in [0.15, 0.2) is 12.4 Å². The van der Waals surface area contributed by atoms with E-state index < -0.39 is 0 Å². The van der Waals surface area contributed by atoms with Gasteiger partial charge in [0, 0.05) is 32.0 Å². The molecule has 1 aromatic heterocycles. The second-order valence-corrected chi connectivity index (χ2v) is 5.73. The van der Waals surface area contributed by atoms with Crippen LogP contribution in [0.1, 0.15) is 36.7 Å². The Hall–Kier alpha value is -1.04. The highest BCUT2D eigenvalue weighted by Gasteiger charge is 2.43. The van der Waals surface area contributed by atoms with Gasteiger partial charge in [-0.3, -0.25) is 0 Å². The van der Waals surface area contributed by atoms with Crippen molar-refractivity contribution in [3.8, 4) is 0 Å². The maximum absolute atomic E-state index is 6.35. The van der Waals surface area contributed by atoms with E-state index in [9.17, 15) is 0 Å². The summed E-state index contributed by atoms with van der Waals surface area (Å²) in [5, 5.41) is 0. The van der Waals surface area contributed by atoms with Gasteiger partial charge in [-0.15, -0.1) is 0 Å². The maximum atomic E-state index is 6.35. The number of nitrogens with zero attached hydrogens (tertiary/aromatic N) is 2. The summed E-state index contributed by atoms with van der Waals surface area (Å²) in [5.41, 5.74) is 7.30. The zero-order valence-electron chi connectivity index (χ0n) is 11.3. The third-order valence-electron chi connectivity index (χ3n) is 4.21. The molecule has 3 heterocycles. The van der Waals surface area contributed by atoms with E-state index in [-0.39, 0.29) is 11.6 Å². The summed E-state index contributed by atoms with van der Waals surface area (Å²) in [6.45, 7) is 4.23. The summed E-state index contributed by atoms with van der Waals surface area (Å²) >= 11 is 0. The molecule has 2 fully saturated rings. The van der Waals surface area contributed by atoms with Gasteiger partial charge in [0.05, 0.1) is 18.2 Å². The van der Waals surface area contributed by atoms with E-state index in [1.54, 1.807) is 0 Å². The molecular formula is C14H21N3O2. The highest BCUT2D eigenvalue weighted by molar-refractivity contribution is 5.06. The molecule has 2 N–H and O–H groups in total. The maximum Gasteiger partial charge on any atom is 0.145 e. The van der Waals surface area contributed by atoms with Crippen molar-refractivity contribution in [1.29, 1.82) is 0 Å². The van der Waals surface area contributed by atoms with Crippen molar-refractivity contribution in [3.63, 3.8) is 0 Å². The first kappa shape index (κ1) is 13.0. The van der Waals surface area contributed by atoms with Crippen LogP contribution in [0.25, 0.3) is 0 Å². The molecule has 104 valence electrons. The average Bonchev–Trinajstić information content (AvgIpc) is 2.87. The van der Waals surface area contributed by atoms with Crippen molar-refractivity contribution in [2.45, 2.75) is 37.8 Å². The van der Waals surface area contributed by atoms with Gasteiger partial charge in [-0.2, -0.15) is 0 Å². The van der Waals surface area contributed by atoms with Gasteiger partial charge >= 0.3 is 0 Å². The van der Waals surface area contributed by atoms with E-state index in [0.29, 0.717) is 12.5 Å². The van der Waals surface area contributed by atoms with E-state index in [2.05, 4.69) is 9.97 Å². The highest BCUT2D eigenvalue weighted by atomic mass is 16.6. The Bertz CT molecular complexity index is 429. The molecule has 5 heteroatoms. The summed E-state index contributed by atoms with van der Waals surface area (Å²) < 4.78 is 11.4. The molecule has 0 radical (unpaired) electrons. The Morgan fingerprint density at radius 2 is 2.16 bits per heavy atom. The summed E-state index contributed by atoms with van der Waals surface area (Å²) in [6, 6.07) is -0.109. The summed E-state index contributed by atoms with van der Waals surface area (Å²) in [7, 11) is 0. The van der Waals surface area contributed by atoms with Gasteiger partial charge in [0.25, 0.3) is 0 Å². The molecule has 5 nitrogen and oxygen atoms in total. The van der Waals surface area contributed by atoms with Gasteiger partial charge in [-0.1, -0.05) is 0 Å². The fourth-order valence-corrected chi connectivity index (χ4v) is 3.02. The SMILES string of the molecule is Cc1cnc(C(N)C2CCOC3(CCOC3)C2)nc1. The first-order chi connectivity index (χ1) is 9.19. The Labute approximate surface area is 113 Å². The Morgan fingerprint density at radius 1 is 1.37 bits per heavy atom. The minimum atomic E-state index is -0.109. The molecule has 2 saturated heterocycles. The molecule has 0 aliphatic carbocycles. The predicted octanol–water partition coefficient (Wildman–Crippen LogP) is 1.37. The number of aromatic nitrogens is 2. The topological polar surface area (TPSA) is 70.3 Å². The smallest absolute Gasteiger partial charge is 0.145 e. The lowest BCUT2D eigenvalue weighted by atomic mass is 9.81. The molecule has 0 aromatic carbocycles. The predicted molar refractivity (Wildman–Crippen MR) is 70.5 cm³/mol.